The molecular weight excluding hydrogens is 422 g/mol. The zero-order valence-electron chi connectivity index (χ0n) is 18.4. The number of ether oxygens (including phenoxy) is 2. The molecule has 168 valence electrons. The lowest BCUT2D eigenvalue weighted by atomic mass is 10.0. The molecule has 0 bridgehead atoms. The van der Waals surface area contributed by atoms with Gasteiger partial charge in [0.05, 0.1) is 18.5 Å². The molecule has 0 amide bonds. The predicted octanol–water partition coefficient (Wildman–Crippen LogP) is 5.90. The van der Waals surface area contributed by atoms with E-state index in [1.165, 1.54) is 0 Å². The van der Waals surface area contributed by atoms with Crippen molar-refractivity contribution in [3.05, 3.63) is 72.8 Å². The highest BCUT2D eigenvalue weighted by molar-refractivity contribution is 7.97. The molecule has 0 aliphatic carbocycles. The smallest absolute Gasteiger partial charge is 0.169 e. The van der Waals surface area contributed by atoms with E-state index in [9.17, 15) is 5.21 Å². The second-order valence-corrected chi connectivity index (χ2v) is 8.89. The molecule has 4 rings (SSSR count). The van der Waals surface area contributed by atoms with Gasteiger partial charge in [0.1, 0.15) is 5.75 Å². The van der Waals surface area contributed by atoms with Gasteiger partial charge in [-0.15, -0.1) is 0 Å². The summed E-state index contributed by atoms with van der Waals surface area (Å²) in [6, 6.07) is 24.1. The summed E-state index contributed by atoms with van der Waals surface area (Å²) >= 11 is 1.77. The summed E-state index contributed by atoms with van der Waals surface area (Å²) in [6.45, 7) is 1.98. The van der Waals surface area contributed by atoms with Gasteiger partial charge >= 0.3 is 0 Å². The normalized spacial score (nSPS) is 14.7. The lowest BCUT2D eigenvalue weighted by Crippen LogP contribution is -2.41. The van der Waals surface area contributed by atoms with E-state index in [1.54, 1.807) is 19.1 Å². The van der Waals surface area contributed by atoms with Crippen molar-refractivity contribution >= 4 is 23.3 Å². The first-order valence-electron chi connectivity index (χ1n) is 10.7. The largest absolute Gasteiger partial charge is 0.493 e. The van der Waals surface area contributed by atoms with Crippen molar-refractivity contribution in [1.29, 1.82) is 0 Å². The van der Waals surface area contributed by atoms with Crippen molar-refractivity contribution in [2.24, 2.45) is 0 Å². The molecule has 1 aliphatic heterocycles. The number of methoxy groups -OCH3 is 1. The Labute approximate surface area is 193 Å². The average molecular weight is 452 g/mol. The molecule has 0 aromatic heterocycles. The van der Waals surface area contributed by atoms with Crippen LogP contribution < -0.4 is 19.9 Å². The number of anilines is 2. The Balaban J connectivity index is 1.35. The average Bonchev–Trinajstić information content (AvgIpc) is 2.84. The third kappa shape index (κ3) is 5.30. The summed E-state index contributed by atoms with van der Waals surface area (Å²) in [6.07, 6.45) is 2.11. The summed E-state index contributed by atoms with van der Waals surface area (Å²) in [5.41, 5.74) is 4.06. The van der Waals surface area contributed by atoms with Gasteiger partial charge in [-0.1, -0.05) is 30.3 Å². The van der Waals surface area contributed by atoms with E-state index in [2.05, 4.69) is 33.9 Å². The number of para-hydroxylation sites is 4. The molecule has 1 aliphatic rings. The summed E-state index contributed by atoms with van der Waals surface area (Å²) in [7, 11) is 3.75. The standard InChI is InChI=1S/C25H29N3O3S/c1-27(23-11-4-3-10-22(23)26-29)19-14-16-28(17-15-19)32-21-9-7-8-20(18-21)31-25-13-6-5-12-24(25)30-2/h3-13,18-19,26,29H,14-17H2,1-2H3. The Hall–Kier alpha value is -2.87. The van der Waals surface area contributed by atoms with Gasteiger partial charge in [-0.2, -0.15) is 0 Å². The van der Waals surface area contributed by atoms with Crippen LogP contribution in [0.3, 0.4) is 0 Å². The number of benzene rings is 3. The Morgan fingerprint density at radius 1 is 0.969 bits per heavy atom. The van der Waals surface area contributed by atoms with E-state index in [-0.39, 0.29) is 0 Å². The van der Waals surface area contributed by atoms with Crippen LogP contribution in [0.4, 0.5) is 11.4 Å². The number of nitrogens with one attached hydrogen (secondary N) is 1. The van der Waals surface area contributed by atoms with Crippen LogP contribution in [0.2, 0.25) is 0 Å². The minimum atomic E-state index is 0.432. The van der Waals surface area contributed by atoms with E-state index in [1.807, 2.05) is 60.7 Å². The Morgan fingerprint density at radius 3 is 2.44 bits per heavy atom. The Bertz CT molecular complexity index is 1020. The van der Waals surface area contributed by atoms with Gasteiger partial charge in [0.15, 0.2) is 11.5 Å². The van der Waals surface area contributed by atoms with E-state index in [4.69, 9.17) is 9.47 Å². The van der Waals surface area contributed by atoms with Crippen LogP contribution in [0.15, 0.2) is 77.7 Å². The zero-order valence-corrected chi connectivity index (χ0v) is 19.2. The van der Waals surface area contributed by atoms with Crippen molar-refractivity contribution < 1.29 is 14.7 Å². The third-order valence-corrected chi connectivity index (χ3v) is 6.80. The van der Waals surface area contributed by atoms with Gasteiger partial charge in [-0.25, -0.2) is 4.31 Å². The number of nitrogens with zero attached hydrogens (tertiary/aromatic N) is 2. The number of hydrogen-bond acceptors (Lipinski definition) is 7. The van der Waals surface area contributed by atoms with Crippen molar-refractivity contribution in [3.63, 3.8) is 0 Å². The maximum atomic E-state index is 9.41. The van der Waals surface area contributed by atoms with Crippen LogP contribution >= 0.6 is 11.9 Å². The summed E-state index contributed by atoms with van der Waals surface area (Å²) in [5, 5.41) is 9.41. The summed E-state index contributed by atoms with van der Waals surface area (Å²) in [4.78, 5) is 3.42. The van der Waals surface area contributed by atoms with Gasteiger partial charge in [0.25, 0.3) is 0 Å². The second-order valence-electron chi connectivity index (χ2n) is 7.72. The van der Waals surface area contributed by atoms with Crippen molar-refractivity contribution in [2.75, 3.05) is 37.6 Å². The van der Waals surface area contributed by atoms with Crippen LogP contribution in [-0.4, -0.2) is 42.8 Å². The summed E-state index contributed by atoms with van der Waals surface area (Å²) < 4.78 is 13.9. The molecule has 1 fully saturated rings. The fourth-order valence-electron chi connectivity index (χ4n) is 3.97. The lowest BCUT2D eigenvalue weighted by molar-refractivity contribution is 0.339. The molecule has 32 heavy (non-hydrogen) atoms. The fraction of sp³-hybridized carbons (Fsp3) is 0.280. The first-order valence-corrected chi connectivity index (χ1v) is 11.5. The lowest BCUT2D eigenvalue weighted by Gasteiger charge is -2.37. The van der Waals surface area contributed by atoms with E-state index in [0.29, 0.717) is 11.8 Å². The highest BCUT2D eigenvalue weighted by Gasteiger charge is 2.24. The second kappa shape index (κ2) is 10.6. The molecule has 6 nitrogen and oxygen atoms in total. The topological polar surface area (TPSA) is 57.2 Å². The zero-order chi connectivity index (χ0) is 22.3. The monoisotopic (exact) mass is 451 g/mol. The van der Waals surface area contributed by atoms with Crippen LogP contribution in [0.1, 0.15) is 12.8 Å². The number of piperidine rings is 1. The molecule has 3 aromatic carbocycles. The number of hydrogen-bond donors (Lipinski definition) is 2. The molecule has 2 N–H and O–H groups in total. The van der Waals surface area contributed by atoms with Crippen LogP contribution in [0.5, 0.6) is 17.2 Å². The molecule has 1 heterocycles. The molecule has 0 spiro atoms. The minimum Gasteiger partial charge on any atom is -0.493 e. The van der Waals surface area contributed by atoms with Crippen molar-refractivity contribution in [1.82, 2.24) is 4.31 Å². The fourth-order valence-corrected chi connectivity index (χ4v) is 4.97. The molecule has 7 heteroatoms. The van der Waals surface area contributed by atoms with E-state index < -0.39 is 0 Å². The molecular formula is C25H29N3O3S. The van der Waals surface area contributed by atoms with Gasteiger partial charge in [0.2, 0.25) is 0 Å². The first kappa shape index (κ1) is 22.3. The molecule has 3 aromatic rings. The first-order chi connectivity index (χ1) is 15.7. The maximum Gasteiger partial charge on any atom is 0.169 e. The van der Waals surface area contributed by atoms with Gasteiger partial charge in [-0.3, -0.25) is 10.7 Å². The van der Waals surface area contributed by atoms with Crippen molar-refractivity contribution in [2.45, 2.75) is 23.8 Å². The van der Waals surface area contributed by atoms with E-state index in [0.717, 1.165) is 53.7 Å². The number of rotatable bonds is 8. The third-order valence-electron chi connectivity index (χ3n) is 5.71. The molecule has 0 saturated carbocycles. The SMILES string of the molecule is COc1ccccc1Oc1cccc(SN2CCC(N(C)c3ccccc3NO)CC2)c1. The van der Waals surface area contributed by atoms with Crippen molar-refractivity contribution in [3.8, 4) is 17.2 Å². The summed E-state index contributed by atoms with van der Waals surface area (Å²) in [5.74, 6) is 2.22. The van der Waals surface area contributed by atoms with Crippen LogP contribution in [0.25, 0.3) is 0 Å². The van der Waals surface area contributed by atoms with Gasteiger partial charge in [0, 0.05) is 31.1 Å². The van der Waals surface area contributed by atoms with Gasteiger partial charge in [-0.05, 0) is 67.3 Å². The van der Waals surface area contributed by atoms with Gasteiger partial charge < -0.3 is 14.4 Å². The van der Waals surface area contributed by atoms with Crippen LogP contribution in [0, 0.1) is 0 Å². The predicted molar refractivity (Wildman–Crippen MR) is 130 cm³/mol. The van der Waals surface area contributed by atoms with E-state index >= 15 is 0 Å². The molecule has 0 atom stereocenters. The van der Waals surface area contributed by atoms with Crippen LogP contribution in [-0.2, 0) is 0 Å². The molecule has 1 saturated heterocycles. The Morgan fingerprint density at radius 2 is 1.69 bits per heavy atom. The minimum absolute atomic E-state index is 0.432. The molecule has 0 unspecified atom stereocenters. The highest BCUT2D eigenvalue weighted by Crippen LogP contribution is 2.35. The molecule has 0 radical (unpaired) electrons. The highest BCUT2D eigenvalue weighted by atomic mass is 32.2. The Kier molecular flexibility index (Phi) is 7.42. The maximum absolute atomic E-state index is 9.41. The quantitative estimate of drug-likeness (QED) is 0.327.